The van der Waals surface area contributed by atoms with Crippen LogP contribution in [0.1, 0.15) is 31.7 Å². The second-order valence-electron chi connectivity index (χ2n) is 6.81. The van der Waals surface area contributed by atoms with Crippen LogP contribution in [-0.2, 0) is 32.2 Å². The van der Waals surface area contributed by atoms with Gasteiger partial charge in [-0.3, -0.25) is 10.0 Å². The number of esters is 1. The Hall–Kier alpha value is -2.23. The molecule has 150 valence electrons. The lowest BCUT2D eigenvalue weighted by atomic mass is 10.1. The predicted molar refractivity (Wildman–Crippen MR) is 104 cm³/mol. The summed E-state index contributed by atoms with van der Waals surface area (Å²) in [4.78, 5) is 23.4. The molecule has 28 heavy (non-hydrogen) atoms. The number of hydrogen-bond donors (Lipinski definition) is 1. The monoisotopic (exact) mass is 423 g/mol. The van der Waals surface area contributed by atoms with E-state index in [0.29, 0.717) is 22.8 Å². The average molecular weight is 424 g/mol. The molecule has 0 fully saturated rings. The van der Waals surface area contributed by atoms with Crippen molar-refractivity contribution in [1.29, 1.82) is 0 Å². The van der Waals surface area contributed by atoms with Gasteiger partial charge in [-0.15, -0.1) is 11.3 Å². The molecule has 7 nitrogen and oxygen atoms in total. The van der Waals surface area contributed by atoms with E-state index in [9.17, 15) is 23.2 Å². The second kappa shape index (κ2) is 8.42. The van der Waals surface area contributed by atoms with Crippen LogP contribution >= 0.6 is 11.3 Å². The van der Waals surface area contributed by atoms with E-state index in [1.54, 1.807) is 0 Å². The average Bonchev–Trinajstić information content (AvgIpc) is 3.30. The van der Waals surface area contributed by atoms with Gasteiger partial charge in [0.1, 0.15) is 10.9 Å². The predicted octanol–water partition coefficient (Wildman–Crippen LogP) is 2.25. The molecule has 1 amide bonds. The smallest absolute Gasteiger partial charge is 0.348 e. The van der Waals surface area contributed by atoms with Gasteiger partial charge in [0.2, 0.25) is 6.41 Å². The number of hydroxylamine groups is 2. The van der Waals surface area contributed by atoms with Crippen molar-refractivity contribution in [2.24, 2.45) is 5.92 Å². The molecule has 0 bridgehead atoms. The van der Waals surface area contributed by atoms with Gasteiger partial charge in [0.25, 0.3) is 0 Å². The number of carbonyl (C=O) groups is 2. The summed E-state index contributed by atoms with van der Waals surface area (Å²) in [5, 5.41) is 10.3. The molecule has 3 rings (SSSR count). The summed E-state index contributed by atoms with van der Waals surface area (Å²) in [6.07, 6.45) is 1.56. The Bertz CT molecular complexity index is 943. The molecule has 1 aromatic heterocycles. The van der Waals surface area contributed by atoms with Crippen molar-refractivity contribution < 1.29 is 28.0 Å². The Morgan fingerprint density at radius 2 is 1.93 bits per heavy atom. The first kappa shape index (κ1) is 20.5. The molecule has 1 aromatic carbocycles. The maximum absolute atomic E-state index is 12.8. The van der Waals surface area contributed by atoms with Crippen LogP contribution in [0.2, 0.25) is 0 Å². The lowest BCUT2D eigenvalue weighted by molar-refractivity contribution is -0.158. The van der Waals surface area contributed by atoms with E-state index in [0.717, 1.165) is 22.5 Å². The van der Waals surface area contributed by atoms with E-state index in [2.05, 4.69) is 4.74 Å². The number of benzene rings is 1. The quantitative estimate of drug-likeness (QED) is 0.302. The number of fused-ring (bicyclic) bond motifs is 1. The molecule has 1 atom stereocenters. The molecule has 1 aliphatic rings. The summed E-state index contributed by atoms with van der Waals surface area (Å²) < 4.78 is 30.2. The number of sulfone groups is 1. The molecule has 0 saturated heterocycles. The SMILES string of the molecule is COC(=O)c1ccc([C@H](CS(=O)(=O)CC2Cc3ccccc3C2)N(O)C=O)s1. The molecule has 0 spiro atoms. The van der Waals surface area contributed by atoms with Crippen LogP contribution in [0, 0.1) is 5.92 Å². The molecule has 0 aliphatic heterocycles. The number of methoxy groups -OCH3 is 1. The zero-order chi connectivity index (χ0) is 20.3. The Morgan fingerprint density at radius 3 is 2.50 bits per heavy atom. The maximum Gasteiger partial charge on any atom is 0.348 e. The minimum atomic E-state index is -3.57. The third-order valence-electron chi connectivity index (χ3n) is 4.81. The summed E-state index contributed by atoms with van der Waals surface area (Å²) in [6, 6.07) is 9.82. The standard InChI is InChI=1S/C19H21NO6S2/c1-26-19(22)18-7-6-17(27-18)16(20(23)12-21)11-28(24,25)10-13-8-14-4-2-3-5-15(14)9-13/h2-7,12-13,16,23H,8-11H2,1H3/t16-/m0/s1. The first-order valence-corrected chi connectivity index (χ1v) is 11.3. The zero-order valence-electron chi connectivity index (χ0n) is 15.3. The normalized spacial score (nSPS) is 15.1. The lowest BCUT2D eigenvalue weighted by Gasteiger charge is -2.22. The molecule has 1 aliphatic carbocycles. The van der Waals surface area contributed by atoms with E-state index in [1.807, 2.05) is 24.3 Å². The van der Waals surface area contributed by atoms with Crippen molar-refractivity contribution in [3.05, 3.63) is 57.3 Å². The van der Waals surface area contributed by atoms with Crippen molar-refractivity contribution in [3.63, 3.8) is 0 Å². The van der Waals surface area contributed by atoms with Gasteiger partial charge in [0.05, 0.1) is 18.6 Å². The first-order chi connectivity index (χ1) is 13.3. The van der Waals surface area contributed by atoms with E-state index < -0.39 is 27.6 Å². The van der Waals surface area contributed by atoms with E-state index >= 15 is 0 Å². The van der Waals surface area contributed by atoms with Crippen molar-refractivity contribution in [3.8, 4) is 0 Å². The van der Waals surface area contributed by atoms with Crippen LogP contribution in [-0.4, -0.2) is 49.7 Å². The number of hydrogen-bond acceptors (Lipinski definition) is 7. The molecule has 0 saturated carbocycles. The Morgan fingerprint density at radius 1 is 1.29 bits per heavy atom. The fourth-order valence-corrected chi connectivity index (χ4v) is 6.57. The van der Waals surface area contributed by atoms with Crippen molar-refractivity contribution in [2.75, 3.05) is 18.6 Å². The van der Waals surface area contributed by atoms with Gasteiger partial charge in [-0.05, 0) is 42.0 Å². The highest BCUT2D eigenvalue weighted by Gasteiger charge is 2.31. The molecule has 1 N–H and O–H groups in total. The fraction of sp³-hybridized carbons (Fsp3) is 0.368. The molecule has 1 heterocycles. The third-order valence-corrected chi connectivity index (χ3v) is 7.78. The highest BCUT2D eigenvalue weighted by Crippen LogP contribution is 2.31. The summed E-state index contributed by atoms with van der Waals surface area (Å²) >= 11 is 0.991. The van der Waals surface area contributed by atoms with Gasteiger partial charge in [-0.2, -0.15) is 0 Å². The van der Waals surface area contributed by atoms with E-state index in [4.69, 9.17) is 0 Å². The second-order valence-corrected chi connectivity index (χ2v) is 10.1. The molecule has 0 unspecified atom stereocenters. The van der Waals surface area contributed by atoms with Gasteiger partial charge in [0.15, 0.2) is 9.84 Å². The van der Waals surface area contributed by atoms with Crippen LogP contribution in [0.5, 0.6) is 0 Å². The number of nitrogens with zero attached hydrogens (tertiary/aromatic N) is 1. The van der Waals surface area contributed by atoms with Crippen molar-refractivity contribution >= 4 is 33.6 Å². The highest BCUT2D eigenvalue weighted by atomic mass is 32.2. The van der Waals surface area contributed by atoms with Crippen LogP contribution < -0.4 is 0 Å². The number of rotatable bonds is 8. The van der Waals surface area contributed by atoms with E-state index in [-0.39, 0.29) is 23.0 Å². The van der Waals surface area contributed by atoms with E-state index in [1.165, 1.54) is 19.2 Å². The number of carbonyl (C=O) groups excluding carboxylic acids is 2. The molecular formula is C19H21NO6S2. The first-order valence-electron chi connectivity index (χ1n) is 8.70. The van der Waals surface area contributed by atoms with Gasteiger partial charge in [-0.1, -0.05) is 24.3 Å². The molecule has 0 radical (unpaired) electrons. The fourth-order valence-electron chi connectivity index (χ4n) is 3.54. The zero-order valence-corrected chi connectivity index (χ0v) is 16.9. The van der Waals surface area contributed by atoms with Gasteiger partial charge < -0.3 is 4.74 Å². The molecular weight excluding hydrogens is 402 g/mol. The lowest BCUT2D eigenvalue weighted by Crippen LogP contribution is -2.31. The van der Waals surface area contributed by atoms with Crippen molar-refractivity contribution in [2.45, 2.75) is 18.9 Å². The summed E-state index contributed by atoms with van der Waals surface area (Å²) in [5.41, 5.74) is 2.33. The van der Waals surface area contributed by atoms with Crippen LogP contribution in [0.25, 0.3) is 0 Å². The number of amides is 1. The third kappa shape index (κ3) is 4.60. The number of thiophene rings is 1. The molecule has 9 heteroatoms. The summed E-state index contributed by atoms with van der Waals surface area (Å²) in [7, 11) is -2.33. The van der Waals surface area contributed by atoms with Crippen molar-refractivity contribution in [1.82, 2.24) is 5.06 Å². The Balaban J connectivity index is 1.74. The topological polar surface area (TPSA) is 101 Å². The summed E-state index contributed by atoms with van der Waals surface area (Å²) in [6.45, 7) is 0. The minimum Gasteiger partial charge on any atom is -0.465 e. The van der Waals surface area contributed by atoms with Gasteiger partial charge >= 0.3 is 5.97 Å². The largest absolute Gasteiger partial charge is 0.465 e. The maximum atomic E-state index is 12.8. The Kier molecular flexibility index (Phi) is 6.17. The minimum absolute atomic E-state index is 0.0274. The highest BCUT2D eigenvalue weighted by molar-refractivity contribution is 7.91. The van der Waals surface area contributed by atoms with Crippen LogP contribution in [0.4, 0.5) is 0 Å². The Labute approximate surface area is 167 Å². The summed E-state index contributed by atoms with van der Waals surface area (Å²) in [5.74, 6) is -1.03. The van der Waals surface area contributed by atoms with Gasteiger partial charge in [0, 0.05) is 4.88 Å². The van der Waals surface area contributed by atoms with Gasteiger partial charge in [-0.25, -0.2) is 18.3 Å². The number of ether oxygens (including phenoxy) is 1. The van der Waals surface area contributed by atoms with Crippen LogP contribution in [0.15, 0.2) is 36.4 Å². The molecule has 2 aromatic rings. The van der Waals surface area contributed by atoms with Crippen LogP contribution in [0.3, 0.4) is 0 Å².